The van der Waals surface area contributed by atoms with E-state index < -0.39 is 18.3 Å². The average molecular weight is 429 g/mol. The number of rotatable bonds is 3. The molecule has 32 heavy (non-hydrogen) atoms. The number of anilines is 2. The summed E-state index contributed by atoms with van der Waals surface area (Å²) < 4.78 is 12.4. The molecule has 0 spiro atoms. The van der Waals surface area contributed by atoms with Gasteiger partial charge in [0, 0.05) is 18.7 Å². The summed E-state index contributed by atoms with van der Waals surface area (Å²) in [5.41, 5.74) is 7.97. The Balaban J connectivity index is 1.84. The first-order chi connectivity index (χ1) is 15.2. The highest BCUT2D eigenvalue weighted by molar-refractivity contribution is 6.62. The van der Waals surface area contributed by atoms with Crippen LogP contribution in [0.4, 0.5) is 17.3 Å². The Morgan fingerprint density at radius 1 is 1.16 bits per heavy atom. The third-order valence-electron chi connectivity index (χ3n) is 6.76. The highest BCUT2D eigenvalue weighted by atomic mass is 16.7. The van der Waals surface area contributed by atoms with E-state index in [1.54, 1.807) is 0 Å². The van der Waals surface area contributed by atoms with Gasteiger partial charge < -0.3 is 19.9 Å². The van der Waals surface area contributed by atoms with Crippen LogP contribution < -0.4 is 16.1 Å². The maximum absolute atomic E-state index is 10.1. The molecule has 2 saturated heterocycles. The lowest BCUT2D eigenvalue weighted by molar-refractivity contribution is 0.00578. The number of nitrogens with zero attached hydrogens (tertiary/aromatic N) is 4. The highest BCUT2D eigenvalue weighted by Gasteiger charge is 2.51. The molecule has 2 aromatic rings. The van der Waals surface area contributed by atoms with Gasteiger partial charge in [-0.25, -0.2) is 9.83 Å². The van der Waals surface area contributed by atoms with Crippen LogP contribution in [0.2, 0.25) is 0 Å². The molecule has 2 fully saturated rings. The fraction of sp³-hybridized carbons (Fsp3) is 0.458. The summed E-state index contributed by atoms with van der Waals surface area (Å²) >= 11 is 0. The van der Waals surface area contributed by atoms with E-state index in [4.69, 9.17) is 21.6 Å². The van der Waals surface area contributed by atoms with Crippen LogP contribution in [0.5, 0.6) is 0 Å². The number of nitrogen functional groups attached to an aromatic ring is 1. The molecule has 1 aromatic heterocycles. The summed E-state index contributed by atoms with van der Waals surface area (Å²) in [6.45, 7) is 17.4. The zero-order valence-corrected chi connectivity index (χ0v) is 19.1. The fourth-order valence-electron chi connectivity index (χ4n) is 4.24. The fourth-order valence-corrected chi connectivity index (χ4v) is 4.24. The number of hydrogen-bond donors (Lipinski definition) is 1. The Labute approximate surface area is 190 Å². The molecule has 2 aliphatic heterocycles. The molecule has 0 bridgehead atoms. The van der Waals surface area contributed by atoms with E-state index in [0.29, 0.717) is 16.9 Å². The number of piperidine rings is 1. The Morgan fingerprint density at radius 2 is 1.81 bits per heavy atom. The van der Waals surface area contributed by atoms with Gasteiger partial charge >= 0.3 is 7.12 Å². The number of pyridine rings is 1. The number of aromatic nitrogens is 1. The van der Waals surface area contributed by atoms with Crippen molar-refractivity contribution in [3.63, 3.8) is 0 Å². The molecule has 0 atom stereocenters. The zero-order chi connectivity index (χ0) is 23.1. The third-order valence-corrected chi connectivity index (χ3v) is 6.76. The highest BCUT2D eigenvalue weighted by Crippen LogP contribution is 2.42. The van der Waals surface area contributed by atoms with E-state index in [9.17, 15) is 5.26 Å². The van der Waals surface area contributed by atoms with Crippen molar-refractivity contribution in [3.8, 4) is 17.2 Å². The van der Waals surface area contributed by atoms with Gasteiger partial charge in [0.25, 0.3) is 0 Å². The normalized spacial score (nSPS) is 19.4. The maximum atomic E-state index is 10.1. The molecule has 164 valence electrons. The second-order valence-corrected chi connectivity index (χ2v) is 9.40. The number of benzene rings is 1. The van der Waals surface area contributed by atoms with Gasteiger partial charge in [-0.15, -0.1) is 0 Å². The SMILES string of the molecule is [C-]#[N+]c1c(N)nc(N2CCCCC2)c(C#N)c1-c1cccc(B2OC(C)(C)C(C)(C)O2)c1. The van der Waals surface area contributed by atoms with E-state index in [2.05, 4.69) is 20.8 Å². The van der Waals surface area contributed by atoms with Crippen molar-refractivity contribution >= 4 is 29.9 Å². The van der Waals surface area contributed by atoms with Crippen molar-refractivity contribution in [1.29, 1.82) is 5.26 Å². The Kier molecular flexibility index (Phi) is 5.62. The molecule has 8 heteroatoms. The van der Waals surface area contributed by atoms with Crippen molar-refractivity contribution in [2.75, 3.05) is 23.7 Å². The quantitative estimate of drug-likeness (QED) is 0.585. The standard InChI is InChI=1S/C24H28BN5O2/c1-23(2)24(3,4)32-25(31-23)17-11-9-10-16(14-17)19-18(15-26)22(29-21(27)20(19)28-5)30-12-7-6-8-13-30/h9-11,14H,6-8,12-13H2,1-4H3,(H2,27,29). The molecule has 2 N–H and O–H groups in total. The van der Waals surface area contributed by atoms with Gasteiger partial charge in [-0.3, -0.25) is 0 Å². The summed E-state index contributed by atoms with van der Waals surface area (Å²) in [7, 11) is -0.539. The lowest BCUT2D eigenvalue weighted by Gasteiger charge is -2.32. The van der Waals surface area contributed by atoms with Crippen LogP contribution in [-0.2, 0) is 9.31 Å². The lowest BCUT2D eigenvalue weighted by atomic mass is 9.77. The van der Waals surface area contributed by atoms with Crippen LogP contribution in [0.1, 0.15) is 52.5 Å². The summed E-state index contributed by atoms with van der Waals surface area (Å²) in [4.78, 5) is 10.2. The van der Waals surface area contributed by atoms with Crippen molar-refractivity contribution in [1.82, 2.24) is 4.98 Å². The molecule has 4 rings (SSSR count). The first kappa shape index (κ1) is 22.1. The molecule has 0 saturated carbocycles. The summed E-state index contributed by atoms with van der Waals surface area (Å²) in [6, 6.07) is 9.95. The van der Waals surface area contributed by atoms with Crippen LogP contribution in [0.25, 0.3) is 16.0 Å². The van der Waals surface area contributed by atoms with Crippen LogP contribution in [0, 0.1) is 17.9 Å². The number of nitrogens with two attached hydrogens (primary N) is 1. The van der Waals surface area contributed by atoms with Gasteiger partial charge in [0.1, 0.15) is 17.7 Å². The monoisotopic (exact) mass is 429 g/mol. The Hall–Kier alpha value is -3.07. The third kappa shape index (κ3) is 3.70. The van der Waals surface area contributed by atoms with E-state index in [1.165, 1.54) is 0 Å². The molecule has 3 heterocycles. The van der Waals surface area contributed by atoms with Crippen LogP contribution >= 0.6 is 0 Å². The molecule has 1 aromatic carbocycles. The molecular formula is C24H28BN5O2. The van der Waals surface area contributed by atoms with Crippen molar-refractivity contribution in [2.45, 2.75) is 58.2 Å². The smallest absolute Gasteiger partial charge is 0.399 e. The van der Waals surface area contributed by atoms with Crippen molar-refractivity contribution in [3.05, 3.63) is 41.2 Å². The second-order valence-electron chi connectivity index (χ2n) is 9.40. The van der Waals surface area contributed by atoms with Crippen molar-refractivity contribution in [2.24, 2.45) is 0 Å². The Bertz CT molecular complexity index is 1110. The molecule has 0 radical (unpaired) electrons. The summed E-state index contributed by atoms with van der Waals surface area (Å²) in [5.74, 6) is 0.712. The van der Waals surface area contributed by atoms with Crippen LogP contribution in [-0.4, -0.2) is 36.4 Å². The maximum Gasteiger partial charge on any atom is 0.494 e. The van der Waals surface area contributed by atoms with Gasteiger partial charge in [-0.2, -0.15) is 5.26 Å². The van der Waals surface area contributed by atoms with E-state index in [1.807, 2.05) is 52.0 Å². The van der Waals surface area contributed by atoms with Gasteiger partial charge in [-0.05, 0) is 58.0 Å². The molecule has 0 aliphatic carbocycles. The van der Waals surface area contributed by atoms with Gasteiger partial charge in [0.15, 0.2) is 0 Å². The van der Waals surface area contributed by atoms with Gasteiger partial charge in [-0.1, -0.05) is 24.3 Å². The van der Waals surface area contributed by atoms with E-state index >= 15 is 0 Å². The van der Waals surface area contributed by atoms with E-state index in [-0.39, 0.29) is 11.5 Å². The van der Waals surface area contributed by atoms with Gasteiger partial charge in [0.05, 0.1) is 23.3 Å². The Morgan fingerprint density at radius 3 is 2.41 bits per heavy atom. The molecular weight excluding hydrogens is 401 g/mol. The average Bonchev–Trinajstić information content (AvgIpc) is 3.00. The van der Waals surface area contributed by atoms with E-state index in [0.717, 1.165) is 43.4 Å². The summed E-state index contributed by atoms with van der Waals surface area (Å²) in [6.07, 6.45) is 3.25. The zero-order valence-electron chi connectivity index (χ0n) is 19.1. The number of hydrogen-bond acceptors (Lipinski definition) is 6. The topological polar surface area (TPSA) is 88.8 Å². The molecule has 0 amide bonds. The minimum absolute atomic E-state index is 0.149. The first-order valence-corrected chi connectivity index (χ1v) is 11.0. The largest absolute Gasteiger partial charge is 0.494 e. The molecule has 2 aliphatic rings. The van der Waals surface area contributed by atoms with Gasteiger partial charge in [0.2, 0.25) is 5.69 Å². The molecule has 7 nitrogen and oxygen atoms in total. The number of nitriles is 1. The van der Waals surface area contributed by atoms with Crippen LogP contribution in [0.3, 0.4) is 0 Å². The van der Waals surface area contributed by atoms with Crippen LogP contribution in [0.15, 0.2) is 24.3 Å². The minimum Gasteiger partial charge on any atom is -0.399 e. The predicted octanol–water partition coefficient (Wildman–Crippen LogP) is 4.04. The minimum atomic E-state index is -0.539. The second kappa shape index (κ2) is 8.13. The summed E-state index contributed by atoms with van der Waals surface area (Å²) in [5, 5.41) is 10.1. The first-order valence-electron chi connectivity index (χ1n) is 11.0. The lowest BCUT2D eigenvalue weighted by Crippen LogP contribution is -2.41. The predicted molar refractivity (Wildman–Crippen MR) is 127 cm³/mol. The molecule has 0 unspecified atom stereocenters. The van der Waals surface area contributed by atoms with Crippen molar-refractivity contribution < 1.29 is 9.31 Å².